The summed E-state index contributed by atoms with van der Waals surface area (Å²) < 4.78 is 6.08. The first-order valence-corrected chi connectivity index (χ1v) is 7.30. The van der Waals surface area contributed by atoms with Crippen LogP contribution in [0.25, 0.3) is 0 Å². The fraction of sp³-hybridized carbons (Fsp3) is 0.286. The molecule has 6 heteroatoms. The van der Waals surface area contributed by atoms with Gasteiger partial charge in [-0.25, -0.2) is 9.97 Å². The van der Waals surface area contributed by atoms with Crippen LogP contribution in [0.1, 0.15) is 24.4 Å². The third kappa shape index (κ3) is 4.16. The number of hydrogen-bond acceptors (Lipinski definition) is 4. The van der Waals surface area contributed by atoms with E-state index in [-0.39, 0.29) is 6.04 Å². The molecule has 20 heavy (non-hydrogen) atoms. The van der Waals surface area contributed by atoms with Gasteiger partial charge in [0.2, 0.25) is 0 Å². The van der Waals surface area contributed by atoms with Gasteiger partial charge in [0.25, 0.3) is 0 Å². The van der Waals surface area contributed by atoms with Crippen molar-refractivity contribution in [3.8, 4) is 0 Å². The molecule has 0 amide bonds. The molecule has 1 atom stereocenters. The van der Waals surface area contributed by atoms with Crippen molar-refractivity contribution in [3.05, 3.63) is 51.3 Å². The summed E-state index contributed by atoms with van der Waals surface area (Å²) in [5.74, 6) is 1.25. The molecule has 1 N–H and O–H groups in total. The van der Waals surface area contributed by atoms with E-state index in [0.717, 1.165) is 10.0 Å². The predicted molar refractivity (Wildman–Crippen MR) is 83.9 cm³/mol. The molecule has 0 fully saturated rings. The van der Waals surface area contributed by atoms with Gasteiger partial charge in [-0.1, -0.05) is 39.7 Å². The second-order valence-corrected chi connectivity index (χ2v) is 5.65. The van der Waals surface area contributed by atoms with Crippen molar-refractivity contribution in [3.63, 3.8) is 0 Å². The Balaban J connectivity index is 2.14. The summed E-state index contributed by atoms with van der Waals surface area (Å²) in [6.07, 6.45) is 0. The summed E-state index contributed by atoms with van der Waals surface area (Å²) in [4.78, 5) is 8.46. The molecular formula is C14H15BrClN3O. The Labute approximate surface area is 131 Å². The molecule has 1 aromatic carbocycles. The molecule has 2 rings (SSSR count). The molecule has 0 spiro atoms. The summed E-state index contributed by atoms with van der Waals surface area (Å²) in [6, 6.07) is 9.95. The van der Waals surface area contributed by atoms with Crippen LogP contribution in [-0.4, -0.2) is 17.1 Å². The van der Waals surface area contributed by atoms with Crippen LogP contribution in [0.2, 0.25) is 5.15 Å². The average Bonchev–Trinajstić information content (AvgIpc) is 2.39. The van der Waals surface area contributed by atoms with E-state index in [4.69, 9.17) is 16.3 Å². The number of nitrogens with zero attached hydrogens (tertiary/aromatic N) is 2. The summed E-state index contributed by atoms with van der Waals surface area (Å²) in [7, 11) is 1.60. The zero-order valence-electron chi connectivity index (χ0n) is 11.2. The molecular weight excluding hydrogens is 342 g/mol. The predicted octanol–water partition coefficient (Wildman–Crippen LogP) is 4.21. The van der Waals surface area contributed by atoms with Gasteiger partial charge in [-0.05, 0) is 24.6 Å². The Bertz CT molecular complexity index is 577. The van der Waals surface area contributed by atoms with E-state index >= 15 is 0 Å². The summed E-state index contributed by atoms with van der Waals surface area (Å²) in [5, 5.41) is 3.71. The largest absolute Gasteiger partial charge is 0.377 e. The zero-order valence-corrected chi connectivity index (χ0v) is 13.6. The maximum atomic E-state index is 5.98. The Morgan fingerprint density at radius 3 is 2.65 bits per heavy atom. The molecule has 0 aliphatic rings. The van der Waals surface area contributed by atoms with Crippen LogP contribution in [-0.2, 0) is 11.3 Å². The Kier molecular flexibility index (Phi) is 5.34. The van der Waals surface area contributed by atoms with Crippen LogP contribution in [0.15, 0.2) is 34.8 Å². The fourth-order valence-electron chi connectivity index (χ4n) is 1.79. The molecule has 4 nitrogen and oxygen atoms in total. The van der Waals surface area contributed by atoms with Gasteiger partial charge < -0.3 is 10.1 Å². The molecule has 1 heterocycles. The van der Waals surface area contributed by atoms with E-state index in [1.165, 1.54) is 0 Å². The van der Waals surface area contributed by atoms with Crippen LogP contribution in [0.3, 0.4) is 0 Å². The second-order valence-electron chi connectivity index (χ2n) is 4.34. The van der Waals surface area contributed by atoms with Crippen molar-refractivity contribution in [1.29, 1.82) is 0 Å². The minimum Gasteiger partial charge on any atom is -0.377 e. The van der Waals surface area contributed by atoms with E-state index in [0.29, 0.717) is 23.4 Å². The first-order valence-electron chi connectivity index (χ1n) is 6.13. The van der Waals surface area contributed by atoms with Crippen molar-refractivity contribution >= 4 is 33.3 Å². The van der Waals surface area contributed by atoms with Gasteiger partial charge in [0, 0.05) is 23.7 Å². The summed E-state index contributed by atoms with van der Waals surface area (Å²) in [6.45, 7) is 2.40. The van der Waals surface area contributed by atoms with Gasteiger partial charge in [-0.2, -0.15) is 0 Å². The molecule has 1 aromatic heterocycles. The number of anilines is 1. The number of nitrogens with one attached hydrogen (secondary N) is 1. The van der Waals surface area contributed by atoms with Gasteiger partial charge in [-0.3, -0.25) is 0 Å². The van der Waals surface area contributed by atoms with Gasteiger partial charge >= 0.3 is 0 Å². The smallest absolute Gasteiger partial charge is 0.158 e. The number of halogens is 2. The lowest BCUT2D eigenvalue weighted by molar-refractivity contribution is 0.178. The lowest BCUT2D eigenvalue weighted by Gasteiger charge is -2.15. The molecule has 0 aliphatic carbocycles. The third-order valence-corrected chi connectivity index (χ3v) is 3.47. The third-order valence-electron chi connectivity index (χ3n) is 2.75. The monoisotopic (exact) mass is 355 g/mol. The zero-order chi connectivity index (χ0) is 14.5. The van der Waals surface area contributed by atoms with Crippen molar-refractivity contribution in [2.24, 2.45) is 0 Å². The molecule has 0 saturated carbocycles. The normalized spacial score (nSPS) is 12.2. The average molecular weight is 357 g/mol. The van der Waals surface area contributed by atoms with Crippen molar-refractivity contribution in [2.45, 2.75) is 19.6 Å². The maximum absolute atomic E-state index is 5.98. The highest BCUT2D eigenvalue weighted by molar-refractivity contribution is 9.10. The van der Waals surface area contributed by atoms with Crippen LogP contribution in [0.5, 0.6) is 0 Å². The number of aromatic nitrogens is 2. The van der Waals surface area contributed by atoms with Crippen molar-refractivity contribution in [2.75, 3.05) is 12.4 Å². The fourth-order valence-corrected chi connectivity index (χ4v) is 2.25. The van der Waals surface area contributed by atoms with E-state index in [2.05, 4.69) is 50.3 Å². The maximum Gasteiger partial charge on any atom is 0.158 e. The molecule has 0 saturated heterocycles. The highest BCUT2D eigenvalue weighted by Crippen LogP contribution is 2.21. The Morgan fingerprint density at radius 1 is 1.30 bits per heavy atom. The first kappa shape index (κ1) is 15.2. The van der Waals surface area contributed by atoms with Crippen molar-refractivity contribution in [1.82, 2.24) is 9.97 Å². The number of hydrogen-bond donors (Lipinski definition) is 1. The summed E-state index contributed by atoms with van der Waals surface area (Å²) >= 11 is 9.41. The lowest BCUT2D eigenvalue weighted by atomic mass is 10.1. The minimum absolute atomic E-state index is 0.115. The van der Waals surface area contributed by atoms with Crippen LogP contribution < -0.4 is 5.32 Å². The lowest BCUT2D eigenvalue weighted by Crippen LogP contribution is -2.09. The number of methoxy groups -OCH3 is 1. The van der Waals surface area contributed by atoms with Gasteiger partial charge in [0.05, 0.1) is 0 Å². The van der Waals surface area contributed by atoms with E-state index in [1.807, 2.05) is 12.1 Å². The van der Waals surface area contributed by atoms with E-state index in [9.17, 15) is 0 Å². The van der Waals surface area contributed by atoms with Crippen molar-refractivity contribution < 1.29 is 4.74 Å². The molecule has 0 radical (unpaired) electrons. The Morgan fingerprint density at radius 2 is 2.00 bits per heavy atom. The summed E-state index contributed by atoms with van der Waals surface area (Å²) in [5.41, 5.74) is 1.16. The highest BCUT2D eigenvalue weighted by atomic mass is 79.9. The minimum atomic E-state index is 0.115. The van der Waals surface area contributed by atoms with Crippen LogP contribution in [0, 0.1) is 0 Å². The highest BCUT2D eigenvalue weighted by Gasteiger charge is 2.08. The molecule has 0 bridgehead atoms. The number of rotatable bonds is 5. The van der Waals surface area contributed by atoms with Gasteiger partial charge in [0.15, 0.2) is 5.82 Å². The van der Waals surface area contributed by atoms with Crippen LogP contribution in [0.4, 0.5) is 5.82 Å². The van der Waals surface area contributed by atoms with Gasteiger partial charge in [-0.15, -0.1) is 0 Å². The topological polar surface area (TPSA) is 47.0 Å². The molecule has 0 aliphatic heterocycles. The quantitative estimate of drug-likeness (QED) is 0.815. The molecule has 106 valence electrons. The van der Waals surface area contributed by atoms with Crippen LogP contribution >= 0.6 is 27.5 Å². The molecule has 1 unspecified atom stereocenters. The second kappa shape index (κ2) is 7.02. The standard InChI is InChI=1S/C14H15BrClN3O/c1-9(10-3-5-11(15)6-4-10)17-13-7-12(16)18-14(19-13)8-20-2/h3-7,9H,8H2,1-2H3,(H,17,18,19). The van der Waals surface area contributed by atoms with E-state index < -0.39 is 0 Å². The Hall–Kier alpha value is -1.17. The first-order chi connectivity index (χ1) is 9.58. The molecule has 2 aromatic rings. The number of benzene rings is 1. The van der Waals surface area contributed by atoms with Gasteiger partial charge in [0.1, 0.15) is 17.6 Å². The van der Waals surface area contributed by atoms with E-state index in [1.54, 1.807) is 13.2 Å². The number of ether oxygens (including phenoxy) is 1. The SMILES string of the molecule is COCc1nc(Cl)cc(NC(C)c2ccc(Br)cc2)n1.